The summed E-state index contributed by atoms with van der Waals surface area (Å²) in [7, 11) is 0. The van der Waals surface area contributed by atoms with Crippen LogP contribution in [0, 0.1) is 11.3 Å². The van der Waals surface area contributed by atoms with Crippen molar-refractivity contribution < 1.29 is 4.79 Å². The van der Waals surface area contributed by atoms with E-state index in [1.54, 1.807) is 0 Å². The number of hydrogen-bond donors (Lipinski definition) is 1. The van der Waals surface area contributed by atoms with Crippen LogP contribution in [0.4, 0.5) is 0 Å². The Morgan fingerprint density at radius 2 is 1.67 bits per heavy atom. The fourth-order valence-electron chi connectivity index (χ4n) is 3.44. The second-order valence-electron chi connectivity index (χ2n) is 6.25. The van der Waals surface area contributed by atoms with Gasteiger partial charge in [0, 0.05) is 23.8 Å². The van der Waals surface area contributed by atoms with E-state index < -0.39 is 0 Å². The van der Waals surface area contributed by atoms with Gasteiger partial charge in [-0.2, -0.15) is 0 Å². The topological polar surface area (TPSA) is 29.1 Å². The molecule has 0 radical (unpaired) electrons. The van der Waals surface area contributed by atoms with Crippen molar-refractivity contribution in [2.24, 2.45) is 11.3 Å². The smallest absolute Gasteiger partial charge is 0.223 e. The molecular formula is C15H26ClNO. The molecule has 0 bridgehead atoms. The third-order valence-corrected chi connectivity index (χ3v) is 5.38. The molecule has 2 saturated carbocycles. The Morgan fingerprint density at radius 3 is 2.22 bits per heavy atom. The number of hydrogen-bond acceptors (Lipinski definition) is 1. The van der Waals surface area contributed by atoms with Crippen molar-refractivity contribution >= 4 is 17.5 Å². The summed E-state index contributed by atoms with van der Waals surface area (Å²) in [5.41, 5.74) is 0.196. The van der Waals surface area contributed by atoms with Gasteiger partial charge in [-0.25, -0.2) is 0 Å². The highest BCUT2D eigenvalue weighted by molar-refractivity contribution is 6.18. The van der Waals surface area contributed by atoms with Gasteiger partial charge in [0.1, 0.15) is 0 Å². The van der Waals surface area contributed by atoms with Crippen LogP contribution in [0.5, 0.6) is 0 Å². The van der Waals surface area contributed by atoms with Crippen molar-refractivity contribution in [3.8, 4) is 0 Å². The summed E-state index contributed by atoms with van der Waals surface area (Å²) in [6.07, 6.45) is 12.1. The Morgan fingerprint density at radius 1 is 1.06 bits per heavy atom. The van der Waals surface area contributed by atoms with E-state index in [2.05, 4.69) is 5.32 Å². The Labute approximate surface area is 116 Å². The highest BCUT2D eigenvalue weighted by atomic mass is 35.5. The molecule has 0 aromatic carbocycles. The quantitative estimate of drug-likeness (QED) is 0.610. The van der Waals surface area contributed by atoms with E-state index in [1.165, 1.54) is 51.4 Å². The van der Waals surface area contributed by atoms with E-state index >= 15 is 0 Å². The van der Waals surface area contributed by atoms with Crippen LogP contribution in [-0.2, 0) is 4.79 Å². The zero-order valence-electron chi connectivity index (χ0n) is 11.3. The van der Waals surface area contributed by atoms with Gasteiger partial charge in [-0.1, -0.05) is 38.5 Å². The van der Waals surface area contributed by atoms with Gasteiger partial charge < -0.3 is 5.32 Å². The first kappa shape index (κ1) is 14.2. The van der Waals surface area contributed by atoms with Crippen molar-refractivity contribution in [3.63, 3.8) is 0 Å². The predicted octanol–water partition coefficient (Wildman–Crippen LogP) is 3.87. The molecule has 0 aromatic heterocycles. The number of alkyl halides is 1. The molecule has 1 N–H and O–H groups in total. The van der Waals surface area contributed by atoms with E-state index in [0.717, 1.165) is 19.4 Å². The Bertz CT molecular complexity index is 266. The maximum absolute atomic E-state index is 12.2. The summed E-state index contributed by atoms with van der Waals surface area (Å²) in [5.74, 6) is 1.24. The Balaban J connectivity index is 1.79. The molecule has 0 unspecified atom stereocenters. The van der Waals surface area contributed by atoms with E-state index in [9.17, 15) is 4.79 Å². The normalized spacial score (nSPS) is 24.7. The molecule has 3 heteroatoms. The molecule has 2 rings (SSSR count). The van der Waals surface area contributed by atoms with Crippen LogP contribution in [0.1, 0.15) is 64.2 Å². The van der Waals surface area contributed by atoms with Gasteiger partial charge in [0.2, 0.25) is 5.91 Å². The van der Waals surface area contributed by atoms with Gasteiger partial charge in [-0.05, 0) is 25.7 Å². The van der Waals surface area contributed by atoms with Crippen molar-refractivity contribution in [1.29, 1.82) is 0 Å². The maximum atomic E-state index is 12.2. The fraction of sp³-hybridized carbons (Fsp3) is 0.933. The van der Waals surface area contributed by atoms with Crippen molar-refractivity contribution in [3.05, 3.63) is 0 Å². The molecular weight excluding hydrogens is 246 g/mol. The van der Waals surface area contributed by atoms with Gasteiger partial charge in [-0.3, -0.25) is 4.79 Å². The van der Waals surface area contributed by atoms with Gasteiger partial charge in [0.05, 0.1) is 0 Å². The molecule has 2 nitrogen and oxygen atoms in total. The molecule has 2 fully saturated rings. The molecule has 104 valence electrons. The largest absolute Gasteiger partial charge is 0.355 e. The first-order chi connectivity index (χ1) is 8.76. The Hall–Kier alpha value is -0.240. The monoisotopic (exact) mass is 271 g/mol. The van der Waals surface area contributed by atoms with Gasteiger partial charge >= 0.3 is 0 Å². The summed E-state index contributed by atoms with van der Waals surface area (Å²) in [6, 6.07) is 0. The van der Waals surface area contributed by atoms with Gasteiger partial charge in [0.15, 0.2) is 0 Å². The molecule has 0 heterocycles. The van der Waals surface area contributed by atoms with Crippen molar-refractivity contribution in [1.82, 2.24) is 5.32 Å². The molecule has 0 spiro atoms. The van der Waals surface area contributed by atoms with Crippen LogP contribution in [0.2, 0.25) is 0 Å². The van der Waals surface area contributed by atoms with Crippen LogP contribution < -0.4 is 5.32 Å². The molecule has 0 aliphatic heterocycles. The number of carbonyl (C=O) groups is 1. The number of nitrogens with one attached hydrogen (secondary N) is 1. The van der Waals surface area contributed by atoms with Crippen molar-refractivity contribution in [2.75, 3.05) is 12.4 Å². The zero-order chi connectivity index (χ0) is 12.8. The molecule has 2 aliphatic carbocycles. The molecule has 0 atom stereocenters. The number of amides is 1. The van der Waals surface area contributed by atoms with E-state index in [-0.39, 0.29) is 17.2 Å². The lowest BCUT2D eigenvalue weighted by molar-refractivity contribution is -0.125. The highest BCUT2D eigenvalue weighted by Gasteiger charge is 2.33. The number of rotatable bonds is 4. The minimum atomic E-state index is 0.196. The minimum Gasteiger partial charge on any atom is -0.355 e. The summed E-state index contributed by atoms with van der Waals surface area (Å²) in [6.45, 7) is 0.797. The fourth-order valence-corrected chi connectivity index (χ4v) is 3.80. The molecule has 0 saturated heterocycles. The van der Waals surface area contributed by atoms with Crippen LogP contribution in [0.3, 0.4) is 0 Å². The second-order valence-corrected chi connectivity index (χ2v) is 6.51. The third-order valence-electron chi connectivity index (χ3n) is 4.81. The van der Waals surface area contributed by atoms with Crippen LogP contribution in [-0.4, -0.2) is 18.3 Å². The summed E-state index contributed by atoms with van der Waals surface area (Å²) in [5, 5.41) is 3.19. The van der Waals surface area contributed by atoms with Crippen LogP contribution >= 0.6 is 11.6 Å². The predicted molar refractivity (Wildman–Crippen MR) is 75.8 cm³/mol. The van der Waals surface area contributed by atoms with Crippen molar-refractivity contribution in [2.45, 2.75) is 64.2 Å². The van der Waals surface area contributed by atoms with E-state index in [0.29, 0.717) is 5.88 Å². The third kappa shape index (κ3) is 3.63. The molecule has 1 amide bonds. The van der Waals surface area contributed by atoms with Gasteiger partial charge in [-0.15, -0.1) is 11.6 Å². The maximum Gasteiger partial charge on any atom is 0.223 e. The Kier molecular flexibility index (Phi) is 5.35. The van der Waals surface area contributed by atoms with Crippen LogP contribution in [0.25, 0.3) is 0 Å². The number of halogens is 1. The highest BCUT2D eigenvalue weighted by Crippen LogP contribution is 2.38. The van der Waals surface area contributed by atoms with E-state index in [1.807, 2.05) is 0 Å². The zero-order valence-corrected chi connectivity index (χ0v) is 12.1. The standard InChI is InChI=1S/C15H26ClNO/c16-11-15(9-5-6-10-15)12-17-14(18)13-7-3-1-2-4-8-13/h13H,1-12H2,(H,17,18). The van der Waals surface area contributed by atoms with Gasteiger partial charge in [0.25, 0.3) is 0 Å². The lowest BCUT2D eigenvalue weighted by Crippen LogP contribution is -2.40. The summed E-state index contributed by atoms with van der Waals surface area (Å²) < 4.78 is 0. The summed E-state index contributed by atoms with van der Waals surface area (Å²) >= 11 is 6.11. The lowest BCUT2D eigenvalue weighted by Gasteiger charge is -2.27. The van der Waals surface area contributed by atoms with E-state index in [4.69, 9.17) is 11.6 Å². The van der Waals surface area contributed by atoms with Crippen LogP contribution in [0.15, 0.2) is 0 Å². The lowest BCUT2D eigenvalue weighted by atomic mass is 9.88. The average Bonchev–Trinajstić information content (AvgIpc) is 2.70. The molecule has 0 aromatic rings. The summed E-state index contributed by atoms with van der Waals surface area (Å²) in [4.78, 5) is 12.2. The molecule has 18 heavy (non-hydrogen) atoms. The SMILES string of the molecule is O=C(NCC1(CCl)CCCC1)C1CCCCCC1. The first-order valence-electron chi connectivity index (χ1n) is 7.59. The first-order valence-corrected chi connectivity index (χ1v) is 8.13. The minimum absolute atomic E-state index is 0.196. The average molecular weight is 272 g/mol. The number of carbonyl (C=O) groups excluding carboxylic acids is 1. The second kappa shape index (κ2) is 6.79. The molecule has 2 aliphatic rings.